The zero-order valence-electron chi connectivity index (χ0n) is 11.0. The quantitative estimate of drug-likeness (QED) is 0.895. The fourth-order valence-corrected chi connectivity index (χ4v) is 3.48. The first kappa shape index (κ1) is 13.9. The van der Waals surface area contributed by atoms with Crippen molar-refractivity contribution >= 4 is 17.7 Å². The maximum absolute atomic E-state index is 13.8. The van der Waals surface area contributed by atoms with Crippen molar-refractivity contribution in [1.82, 2.24) is 10.2 Å². The Hall–Kier alpha value is -1.11. The topological polar surface area (TPSA) is 41.6 Å². The van der Waals surface area contributed by atoms with E-state index in [1.807, 2.05) is 0 Å². The largest absolute Gasteiger partial charge is 0.370 e. The molecule has 1 amide bonds. The molecular formula is C14H17FN2O2S. The van der Waals surface area contributed by atoms with Gasteiger partial charge < -0.3 is 9.64 Å². The molecule has 0 aliphatic carbocycles. The molecule has 20 heavy (non-hydrogen) atoms. The van der Waals surface area contributed by atoms with Crippen LogP contribution in [0.1, 0.15) is 11.7 Å². The van der Waals surface area contributed by atoms with Gasteiger partial charge in [0.25, 0.3) is 0 Å². The van der Waals surface area contributed by atoms with E-state index < -0.39 is 0 Å². The standard InChI is InChI=1S/C14H17FN2O2S/c15-11-4-2-1-3-10(11)13-7-17(5-6-19-13)14(18)12-8-20-9-16-12/h1-4,12-13,16H,5-9H2/t12-,13+/m1/s1. The van der Waals surface area contributed by atoms with E-state index in [4.69, 9.17) is 4.74 Å². The van der Waals surface area contributed by atoms with Crippen molar-refractivity contribution in [3.63, 3.8) is 0 Å². The van der Waals surface area contributed by atoms with Crippen molar-refractivity contribution in [2.75, 3.05) is 31.3 Å². The van der Waals surface area contributed by atoms with Gasteiger partial charge in [-0.2, -0.15) is 0 Å². The summed E-state index contributed by atoms with van der Waals surface area (Å²) in [6.45, 7) is 1.44. The number of benzene rings is 1. The molecule has 2 fully saturated rings. The Balaban J connectivity index is 1.70. The van der Waals surface area contributed by atoms with E-state index >= 15 is 0 Å². The summed E-state index contributed by atoms with van der Waals surface area (Å²) in [7, 11) is 0. The minimum atomic E-state index is -0.372. The van der Waals surface area contributed by atoms with Gasteiger partial charge in [-0.3, -0.25) is 10.1 Å². The highest BCUT2D eigenvalue weighted by Gasteiger charge is 2.32. The number of nitrogens with one attached hydrogen (secondary N) is 1. The molecule has 4 nitrogen and oxygen atoms in total. The Bertz CT molecular complexity index is 494. The summed E-state index contributed by atoms with van der Waals surface area (Å²) >= 11 is 1.72. The Labute approximate surface area is 121 Å². The Morgan fingerprint density at radius 2 is 2.30 bits per heavy atom. The van der Waals surface area contributed by atoms with Gasteiger partial charge in [0.1, 0.15) is 11.9 Å². The first-order chi connectivity index (χ1) is 9.75. The zero-order valence-corrected chi connectivity index (χ0v) is 11.9. The fourth-order valence-electron chi connectivity index (χ4n) is 2.55. The third kappa shape index (κ3) is 2.82. The van der Waals surface area contributed by atoms with Crippen LogP contribution in [0.4, 0.5) is 4.39 Å². The van der Waals surface area contributed by atoms with Gasteiger partial charge in [0.15, 0.2) is 0 Å². The molecule has 0 unspecified atom stereocenters. The number of thioether (sulfide) groups is 1. The van der Waals surface area contributed by atoms with Crippen LogP contribution < -0.4 is 5.32 Å². The number of carbonyl (C=O) groups is 1. The monoisotopic (exact) mass is 296 g/mol. The molecule has 0 radical (unpaired) electrons. The van der Waals surface area contributed by atoms with Crippen molar-refractivity contribution in [3.8, 4) is 0 Å². The second kappa shape index (κ2) is 6.11. The number of carbonyl (C=O) groups excluding carboxylic acids is 1. The van der Waals surface area contributed by atoms with Crippen molar-refractivity contribution in [1.29, 1.82) is 0 Å². The summed E-state index contributed by atoms with van der Waals surface area (Å²) in [6, 6.07) is 6.48. The van der Waals surface area contributed by atoms with E-state index in [9.17, 15) is 9.18 Å². The highest BCUT2D eigenvalue weighted by atomic mass is 32.2. The number of hydrogen-bond donors (Lipinski definition) is 1. The molecular weight excluding hydrogens is 279 g/mol. The average Bonchev–Trinajstić information content (AvgIpc) is 3.01. The normalized spacial score (nSPS) is 26.8. The molecule has 3 rings (SSSR count). The predicted octanol–water partition coefficient (Wildman–Crippen LogP) is 1.39. The van der Waals surface area contributed by atoms with E-state index in [2.05, 4.69) is 5.32 Å². The van der Waals surface area contributed by atoms with E-state index in [0.717, 1.165) is 11.6 Å². The lowest BCUT2D eigenvalue weighted by molar-refractivity contribution is -0.140. The first-order valence-corrected chi connectivity index (χ1v) is 7.87. The van der Waals surface area contributed by atoms with Gasteiger partial charge in [-0.15, -0.1) is 11.8 Å². The van der Waals surface area contributed by atoms with E-state index in [1.165, 1.54) is 6.07 Å². The van der Waals surface area contributed by atoms with Crippen LogP contribution in [0.25, 0.3) is 0 Å². The molecule has 2 atom stereocenters. The third-order valence-corrected chi connectivity index (χ3v) is 4.58. The smallest absolute Gasteiger partial charge is 0.240 e. The van der Waals surface area contributed by atoms with E-state index in [1.54, 1.807) is 34.9 Å². The molecule has 0 aromatic heterocycles. The van der Waals surface area contributed by atoms with Crippen LogP contribution in [-0.4, -0.2) is 48.2 Å². The molecule has 0 saturated carbocycles. The van der Waals surface area contributed by atoms with Gasteiger partial charge in [-0.1, -0.05) is 18.2 Å². The molecule has 2 saturated heterocycles. The SMILES string of the molecule is O=C([C@H]1CSCN1)N1CCO[C@H](c2ccccc2F)C1. The molecule has 2 aliphatic heterocycles. The second-order valence-electron chi connectivity index (χ2n) is 4.94. The summed E-state index contributed by atoms with van der Waals surface area (Å²) in [6.07, 6.45) is -0.372. The molecule has 6 heteroatoms. The molecule has 2 aliphatic rings. The first-order valence-electron chi connectivity index (χ1n) is 6.71. The maximum atomic E-state index is 13.8. The summed E-state index contributed by atoms with van der Waals surface area (Å²) < 4.78 is 19.4. The number of rotatable bonds is 2. The predicted molar refractivity (Wildman–Crippen MR) is 75.9 cm³/mol. The van der Waals surface area contributed by atoms with Crippen LogP contribution in [0.5, 0.6) is 0 Å². The lowest BCUT2D eigenvalue weighted by atomic mass is 10.1. The summed E-state index contributed by atoms with van der Waals surface area (Å²) in [4.78, 5) is 14.1. The number of amides is 1. The van der Waals surface area contributed by atoms with Crippen LogP contribution in [0.2, 0.25) is 0 Å². The van der Waals surface area contributed by atoms with Crippen molar-refractivity contribution < 1.29 is 13.9 Å². The van der Waals surface area contributed by atoms with Crippen molar-refractivity contribution in [2.24, 2.45) is 0 Å². The van der Waals surface area contributed by atoms with Gasteiger partial charge in [-0.05, 0) is 6.07 Å². The van der Waals surface area contributed by atoms with Gasteiger partial charge in [0.05, 0.1) is 19.2 Å². The molecule has 1 aromatic carbocycles. The zero-order chi connectivity index (χ0) is 13.9. The number of morpholine rings is 1. The number of halogens is 1. The number of nitrogens with zero attached hydrogens (tertiary/aromatic N) is 1. The number of hydrogen-bond acceptors (Lipinski definition) is 4. The van der Waals surface area contributed by atoms with E-state index in [-0.39, 0.29) is 23.9 Å². The molecule has 108 valence electrons. The van der Waals surface area contributed by atoms with Crippen LogP contribution in [-0.2, 0) is 9.53 Å². The minimum Gasteiger partial charge on any atom is -0.370 e. The Kier molecular flexibility index (Phi) is 4.24. The highest BCUT2D eigenvalue weighted by molar-refractivity contribution is 7.99. The van der Waals surface area contributed by atoms with Gasteiger partial charge in [0, 0.05) is 23.7 Å². The van der Waals surface area contributed by atoms with Crippen LogP contribution in [0.3, 0.4) is 0 Å². The third-order valence-electron chi connectivity index (χ3n) is 3.64. The van der Waals surface area contributed by atoms with Crippen LogP contribution >= 0.6 is 11.8 Å². The van der Waals surface area contributed by atoms with Gasteiger partial charge in [0.2, 0.25) is 5.91 Å². The second-order valence-corrected chi connectivity index (χ2v) is 5.97. The summed E-state index contributed by atoms with van der Waals surface area (Å²) in [5, 5.41) is 3.18. The molecule has 1 N–H and O–H groups in total. The lowest BCUT2D eigenvalue weighted by Crippen LogP contribution is -2.50. The average molecular weight is 296 g/mol. The van der Waals surface area contributed by atoms with Crippen LogP contribution in [0.15, 0.2) is 24.3 Å². The van der Waals surface area contributed by atoms with Crippen LogP contribution in [0, 0.1) is 5.82 Å². The summed E-state index contributed by atoms with van der Waals surface area (Å²) in [5.74, 6) is 1.44. The number of ether oxygens (including phenoxy) is 1. The molecule has 1 aromatic rings. The highest BCUT2D eigenvalue weighted by Crippen LogP contribution is 2.25. The molecule has 2 heterocycles. The van der Waals surface area contributed by atoms with E-state index in [0.29, 0.717) is 25.3 Å². The summed E-state index contributed by atoms with van der Waals surface area (Å²) in [5.41, 5.74) is 0.527. The molecule has 0 spiro atoms. The maximum Gasteiger partial charge on any atom is 0.240 e. The van der Waals surface area contributed by atoms with Crippen molar-refractivity contribution in [3.05, 3.63) is 35.6 Å². The fraction of sp³-hybridized carbons (Fsp3) is 0.500. The van der Waals surface area contributed by atoms with Gasteiger partial charge >= 0.3 is 0 Å². The molecule has 0 bridgehead atoms. The minimum absolute atomic E-state index is 0.0969. The van der Waals surface area contributed by atoms with Crippen molar-refractivity contribution in [2.45, 2.75) is 12.1 Å². The lowest BCUT2D eigenvalue weighted by Gasteiger charge is -2.34. The van der Waals surface area contributed by atoms with Gasteiger partial charge in [-0.25, -0.2) is 4.39 Å². The Morgan fingerprint density at radius 1 is 1.45 bits per heavy atom. The Morgan fingerprint density at radius 3 is 3.05 bits per heavy atom.